The average Bonchev–Trinajstić information content (AvgIpc) is 2.82. The lowest BCUT2D eigenvalue weighted by molar-refractivity contribution is 0.0915. The van der Waals surface area contributed by atoms with Gasteiger partial charge in [0.05, 0.1) is 30.0 Å². The number of nitrogens with zero attached hydrogens (tertiary/aromatic N) is 1. The van der Waals surface area contributed by atoms with E-state index in [1.54, 1.807) is 24.5 Å². The van der Waals surface area contributed by atoms with Crippen LogP contribution < -0.4 is 5.32 Å². The number of benzene rings is 1. The van der Waals surface area contributed by atoms with Gasteiger partial charge in [0.1, 0.15) is 0 Å². The van der Waals surface area contributed by atoms with Crippen LogP contribution in [-0.4, -0.2) is 33.6 Å². The maximum absolute atomic E-state index is 11.9. The number of aromatic nitrogens is 2. The minimum atomic E-state index is -0.194. The molecule has 0 fully saturated rings. The van der Waals surface area contributed by atoms with Gasteiger partial charge in [-0.15, -0.1) is 0 Å². The van der Waals surface area contributed by atoms with Gasteiger partial charge in [0, 0.05) is 5.56 Å². The maximum Gasteiger partial charge on any atom is 0.251 e. The van der Waals surface area contributed by atoms with Crippen molar-refractivity contribution in [2.24, 2.45) is 0 Å². The smallest absolute Gasteiger partial charge is 0.251 e. The molecule has 1 heterocycles. The van der Waals surface area contributed by atoms with E-state index < -0.39 is 0 Å². The Labute approximate surface area is 98.9 Å². The number of aliphatic hydroxyl groups is 1. The number of hydrogen-bond donors (Lipinski definition) is 3. The fraction of sp³-hybridized carbons (Fsp3) is 0.333. The molecule has 1 aromatic heterocycles. The van der Waals surface area contributed by atoms with Crippen molar-refractivity contribution in [3.8, 4) is 0 Å². The van der Waals surface area contributed by atoms with Crippen molar-refractivity contribution in [1.29, 1.82) is 0 Å². The molecule has 3 N–H and O–H groups in total. The Balaban J connectivity index is 2.18. The summed E-state index contributed by atoms with van der Waals surface area (Å²) in [5.41, 5.74) is 2.22. The van der Waals surface area contributed by atoms with Crippen molar-refractivity contribution in [2.45, 2.75) is 19.4 Å². The molecule has 0 radical (unpaired) electrons. The number of H-pyrrole nitrogens is 1. The van der Waals surface area contributed by atoms with Crippen LogP contribution in [0.25, 0.3) is 11.0 Å². The second-order valence-electron chi connectivity index (χ2n) is 3.90. The van der Waals surface area contributed by atoms with Gasteiger partial charge in [-0.2, -0.15) is 0 Å². The summed E-state index contributed by atoms with van der Waals surface area (Å²) in [4.78, 5) is 18.9. The molecule has 0 aliphatic carbocycles. The Morgan fingerprint density at radius 2 is 2.41 bits per heavy atom. The van der Waals surface area contributed by atoms with Gasteiger partial charge >= 0.3 is 0 Å². The first-order chi connectivity index (χ1) is 8.24. The predicted octanol–water partition coefficient (Wildman–Crippen LogP) is 1.06. The Morgan fingerprint density at radius 1 is 1.59 bits per heavy atom. The fourth-order valence-corrected chi connectivity index (χ4v) is 1.62. The van der Waals surface area contributed by atoms with E-state index in [2.05, 4.69) is 15.3 Å². The molecule has 0 aliphatic heterocycles. The summed E-state index contributed by atoms with van der Waals surface area (Å²) >= 11 is 0. The molecule has 1 aromatic carbocycles. The molecule has 5 heteroatoms. The number of nitrogens with one attached hydrogen (secondary N) is 2. The maximum atomic E-state index is 11.9. The number of fused-ring (bicyclic) bond motifs is 1. The Bertz CT molecular complexity index is 517. The largest absolute Gasteiger partial charge is 0.394 e. The van der Waals surface area contributed by atoms with Crippen molar-refractivity contribution >= 4 is 16.9 Å². The summed E-state index contributed by atoms with van der Waals surface area (Å²) in [6, 6.07) is 5.07. The predicted molar refractivity (Wildman–Crippen MR) is 64.7 cm³/mol. The van der Waals surface area contributed by atoms with Crippen LogP contribution in [0.2, 0.25) is 0 Å². The van der Waals surface area contributed by atoms with Crippen LogP contribution >= 0.6 is 0 Å². The first kappa shape index (κ1) is 11.6. The van der Waals surface area contributed by atoms with E-state index >= 15 is 0 Å². The summed E-state index contributed by atoms with van der Waals surface area (Å²) in [6.07, 6.45) is 2.30. The standard InChI is InChI=1S/C12H15N3O2/c1-2-9(6-16)15-12(17)8-3-4-10-11(5-8)14-7-13-10/h3-5,7,9,16H,2,6H2,1H3,(H,13,14)(H,15,17)/t9-/m0/s1. The molecule has 90 valence electrons. The second-order valence-corrected chi connectivity index (χ2v) is 3.90. The summed E-state index contributed by atoms with van der Waals surface area (Å²) in [5.74, 6) is -0.178. The van der Waals surface area contributed by atoms with E-state index in [1.807, 2.05) is 6.92 Å². The minimum absolute atomic E-state index is 0.0471. The molecule has 0 aliphatic rings. The van der Waals surface area contributed by atoms with Crippen LogP contribution in [0.1, 0.15) is 23.7 Å². The number of hydrogen-bond acceptors (Lipinski definition) is 3. The third-order valence-corrected chi connectivity index (χ3v) is 2.73. The molecule has 0 saturated heterocycles. The molecule has 1 atom stereocenters. The zero-order valence-electron chi connectivity index (χ0n) is 9.60. The lowest BCUT2D eigenvalue weighted by Crippen LogP contribution is -2.36. The third kappa shape index (κ3) is 2.45. The molecule has 1 amide bonds. The third-order valence-electron chi connectivity index (χ3n) is 2.73. The van der Waals surface area contributed by atoms with Crippen molar-refractivity contribution in [3.63, 3.8) is 0 Å². The highest BCUT2D eigenvalue weighted by Crippen LogP contribution is 2.11. The van der Waals surface area contributed by atoms with Gasteiger partial charge in [0.2, 0.25) is 0 Å². The lowest BCUT2D eigenvalue weighted by Gasteiger charge is -2.13. The average molecular weight is 233 g/mol. The van der Waals surface area contributed by atoms with Crippen LogP contribution in [0.3, 0.4) is 0 Å². The molecule has 2 rings (SSSR count). The van der Waals surface area contributed by atoms with E-state index in [-0.39, 0.29) is 18.6 Å². The van der Waals surface area contributed by atoms with E-state index in [0.29, 0.717) is 12.0 Å². The molecule has 17 heavy (non-hydrogen) atoms. The highest BCUT2D eigenvalue weighted by atomic mass is 16.3. The van der Waals surface area contributed by atoms with Crippen LogP contribution in [-0.2, 0) is 0 Å². The number of imidazole rings is 1. The van der Waals surface area contributed by atoms with E-state index in [0.717, 1.165) is 11.0 Å². The summed E-state index contributed by atoms with van der Waals surface area (Å²) in [7, 11) is 0. The monoisotopic (exact) mass is 233 g/mol. The molecular weight excluding hydrogens is 218 g/mol. The number of rotatable bonds is 4. The zero-order chi connectivity index (χ0) is 12.3. The van der Waals surface area contributed by atoms with Crippen molar-refractivity contribution in [1.82, 2.24) is 15.3 Å². The van der Waals surface area contributed by atoms with Crippen LogP contribution in [0.15, 0.2) is 24.5 Å². The number of aromatic amines is 1. The summed E-state index contributed by atoms with van der Waals surface area (Å²) in [6.45, 7) is 1.87. The summed E-state index contributed by atoms with van der Waals surface area (Å²) < 4.78 is 0. The fourth-order valence-electron chi connectivity index (χ4n) is 1.62. The van der Waals surface area contributed by atoms with Crippen molar-refractivity contribution < 1.29 is 9.90 Å². The van der Waals surface area contributed by atoms with E-state index in [4.69, 9.17) is 5.11 Å². The van der Waals surface area contributed by atoms with E-state index in [9.17, 15) is 4.79 Å². The zero-order valence-corrected chi connectivity index (χ0v) is 9.60. The van der Waals surface area contributed by atoms with Crippen molar-refractivity contribution in [3.05, 3.63) is 30.1 Å². The topological polar surface area (TPSA) is 78.0 Å². The van der Waals surface area contributed by atoms with Gasteiger partial charge in [-0.1, -0.05) is 6.92 Å². The van der Waals surface area contributed by atoms with E-state index in [1.165, 1.54) is 0 Å². The van der Waals surface area contributed by atoms with Gasteiger partial charge in [0.25, 0.3) is 5.91 Å². The van der Waals surface area contributed by atoms with Crippen molar-refractivity contribution in [2.75, 3.05) is 6.61 Å². The molecule has 0 spiro atoms. The lowest BCUT2D eigenvalue weighted by atomic mass is 10.1. The first-order valence-corrected chi connectivity index (χ1v) is 5.59. The van der Waals surface area contributed by atoms with Gasteiger partial charge in [-0.3, -0.25) is 4.79 Å². The van der Waals surface area contributed by atoms with Gasteiger partial charge < -0.3 is 15.4 Å². The Morgan fingerprint density at radius 3 is 3.12 bits per heavy atom. The molecule has 0 saturated carbocycles. The quantitative estimate of drug-likeness (QED) is 0.739. The molecule has 5 nitrogen and oxygen atoms in total. The highest BCUT2D eigenvalue weighted by molar-refractivity contribution is 5.97. The van der Waals surface area contributed by atoms with Crippen LogP contribution in [0.5, 0.6) is 0 Å². The molecular formula is C12H15N3O2. The van der Waals surface area contributed by atoms with Gasteiger partial charge in [-0.05, 0) is 24.6 Å². The Kier molecular flexibility index (Phi) is 3.39. The molecule has 0 unspecified atom stereocenters. The number of carbonyl (C=O) groups is 1. The van der Waals surface area contributed by atoms with Gasteiger partial charge in [-0.25, -0.2) is 4.98 Å². The normalized spacial score (nSPS) is 12.6. The first-order valence-electron chi connectivity index (χ1n) is 5.59. The second kappa shape index (κ2) is 4.97. The highest BCUT2D eigenvalue weighted by Gasteiger charge is 2.11. The number of aliphatic hydroxyl groups excluding tert-OH is 1. The SMILES string of the molecule is CC[C@@H](CO)NC(=O)c1ccc2nc[nH]c2c1. The minimum Gasteiger partial charge on any atom is -0.394 e. The molecule has 0 bridgehead atoms. The Hall–Kier alpha value is -1.88. The summed E-state index contributed by atoms with van der Waals surface area (Å²) in [5, 5.41) is 11.8. The van der Waals surface area contributed by atoms with Crippen LogP contribution in [0.4, 0.5) is 0 Å². The molecule has 2 aromatic rings. The van der Waals surface area contributed by atoms with Crippen LogP contribution in [0, 0.1) is 0 Å². The number of amides is 1. The van der Waals surface area contributed by atoms with Gasteiger partial charge in [0.15, 0.2) is 0 Å². The number of carbonyl (C=O) groups excluding carboxylic acids is 1.